The molecule has 0 fully saturated rings. The molecule has 0 radical (unpaired) electrons. The van der Waals surface area contributed by atoms with Crippen LogP contribution in [0.25, 0.3) is 11.0 Å². The fourth-order valence-corrected chi connectivity index (χ4v) is 2.51. The van der Waals surface area contributed by atoms with Gasteiger partial charge in [-0.1, -0.05) is 19.4 Å². The Bertz CT molecular complexity index is 551. The molecule has 3 nitrogen and oxygen atoms in total. The Balaban J connectivity index is 2.02. The van der Waals surface area contributed by atoms with Gasteiger partial charge in [0, 0.05) is 19.8 Å². The number of benzene rings is 1. The minimum Gasteiger partial charge on any atom is -0.381 e. The minimum absolute atomic E-state index is 0.449. The van der Waals surface area contributed by atoms with Crippen molar-refractivity contribution in [2.24, 2.45) is 0 Å². The molecular formula is C16H23ClN2O. The average Bonchev–Trinajstić information content (AvgIpc) is 2.80. The van der Waals surface area contributed by atoms with Crippen molar-refractivity contribution in [2.75, 3.05) is 13.2 Å². The lowest BCUT2D eigenvalue weighted by atomic mass is 10.2. The lowest BCUT2D eigenvalue weighted by Gasteiger charge is -2.08. The molecule has 0 aliphatic rings. The summed E-state index contributed by atoms with van der Waals surface area (Å²) in [6, 6.07) is 6.33. The predicted molar refractivity (Wildman–Crippen MR) is 84.4 cm³/mol. The Morgan fingerprint density at radius 3 is 2.80 bits per heavy atom. The second kappa shape index (κ2) is 7.65. The van der Waals surface area contributed by atoms with Crippen molar-refractivity contribution < 1.29 is 4.74 Å². The van der Waals surface area contributed by atoms with Crippen LogP contribution in [0.3, 0.4) is 0 Å². The summed E-state index contributed by atoms with van der Waals surface area (Å²) < 4.78 is 7.84. The van der Waals surface area contributed by atoms with Crippen LogP contribution < -0.4 is 0 Å². The first-order valence-corrected chi connectivity index (χ1v) is 7.89. The molecule has 0 aliphatic heterocycles. The van der Waals surface area contributed by atoms with Crippen LogP contribution in [0.2, 0.25) is 0 Å². The third-order valence-electron chi connectivity index (χ3n) is 3.41. The van der Waals surface area contributed by atoms with Crippen LogP contribution in [0.15, 0.2) is 18.2 Å². The summed E-state index contributed by atoms with van der Waals surface area (Å²) >= 11 is 6.01. The lowest BCUT2D eigenvalue weighted by molar-refractivity contribution is 0.126. The van der Waals surface area contributed by atoms with Gasteiger partial charge >= 0.3 is 0 Å². The van der Waals surface area contributed by atoms with Crippen molar-refractivity contribution in [3.63, 3.8) is 0 Å². The molecule has 0 saturated heterocycles. The van der Waals surface area contributed by atoms with Gasteiger partial charge in [0.2, 0.25) is 0 Å². The molecule has 0 bridgehead atoms. The molecule has 1 aromatic carbocycles. The van der Waals surface area contributed by atoms with Crippen LogP contribution in [-0.2, 0) is 17.2 Å². The largest absolute Gasteiger partial charge is 0.381 e. The third kappa shape index (κ3) is 3.74. The van der Waals surface area contributed by atoms with E-state index in [9.17, 15) is 0 Å². The van der Waals surface area contributed by atoms with E-state index in [0.29, 0.717) is 5.88 Å². The van der Waals surface area contributed by atoms with Gasteiger partial charge < -0.3 is 9.30 Å². The highest BCUT2D eigenvalue weighted by Gasteiger charge is 2.09. The van der Waals surface area contributed by atoms with Gasteiger partial charge in [-0.3, -0.25) is 0 Å². The zero-order valence-electron chi connectivity index (χ0n) is 12.4. The van der Waals surface area contributed by atoms with Gasteiger partial charge in [-0.15, -0.1) is 11.6 Å². The number of rotatable bonds is 8. The number of alkyl halides is 1. The van der Waals surface area contributed by atoms with E-state index >= 15 is 0 Å². The highest BCUT2D eigenvalue weighted by Crippen LogP contribution is 2.19. The molecule has 1 heterocycles. The molecule has 0 spiro atoms. The lowest BCUT2D eigenvalue weighted by Crippen LogP contribution is -2.06. The van der Waals surface area contributed by atoms with Crippen molar-refractivity contribution in [2.45, 2.75) is 45.5 Å². The fraction of sp³-hybridized carbons (Fsp3) is 0.562. The van der Waals surface area contributed by atoms with Crippen molar-refractivity contribution in [1.29, 1.82) is 0 Å². The summed E-state index contributed by atoms with van der Waals surface area (Å²) in [5, 5.41) is 0. The number of nitrogens with zero attached hydrogens (tertiary/aromatic N) is 2. The summed E-state index contributed by atoms with van der Waals surface area (Å²) in [5.41, 5.74) is 3.45. The normalized spacial score (nSPS) is 11.3. The van der Waals surface area contributed by atoms with Gasteiger partial charge in [0.25, 0.3) is 0 Å². The number of ether oxygens (including phenoxy) is 1. The van der Waals surface area contributed by atoms with Gasteiger partial charge in [-0.25, -0.2) is 4.98 Å². The van der Waals surface area contributed by atoms with Crippen LogP contribution >= 0.6 is 11.6 Å². The molecule has 4 heteroatoms. The van der Waals surface area contributed by atoms with Gasteiger partial charge in [0.05, 0.1) is 16.9 Å². The Morgan fingerprint density at radius 1 is 1.25 bits per heavy atom. The van der Waals surface area contributed by atoms with Crippen LogP contribution in [0, 0.1) is 6.92 Å². The van der Waals surface area contributed by atoms with Gasteiger partial charge in [-0.2, -0.15) is 0 Å². The average molecular weight is 295 g/mol. The predicted octanol–water partition coefficient (Wildman–Crippen LogP) is 4.29. The number of hydrogen-bond acceptors (Lipinski definition) is 2. The highest BCUT2D eigenvalue weighted by atomic mass is 35.5. The van der Waals surface area contributed by atoms with E-state index in [0.717, 1.165) is 43.9 Å². The number of imidazole rings is 1. The Morgan fingerprint density at radius 2 is 2.05 bits per heavy atom. The molecule has 0 saturated carbocycles. The van der Waals surface area contributed by atoms with E-state index in [1.54, 1.807) is 0 Å². The molecule has 0 N–H and O–H groups in total. The third-order valence-corrected chi connectivity index (χ3v) is 3.65. The molecule has 110 valence electrons. The molecular weight excluding hydrogens is 272 g/mol. The van der Waals surface area contributed by atoms with Gasteiger partial charge in [-0.05, 0) is 37.5 Å². The standard InChI is InChI=1S/C16H23ClN2O/c1-3-4-9-20-10-5-8-19-15-11-13(2)6-7-14(15)18-16(19)12-17/h6-7,11H,3-5,8-10,12H2,1-2H3. The maximum atomic E-state index is 6.01. The van der Waals surface area contributed by atoms with Crippen molar-refractivity contribution >= 4 is 22.6 Å². The molecule has 0 atom stereocenters. The van der Waals surface area contributed by atoms with Crippen molar-refractivity contribution in [1.82, 2.24) is 9.55 Å². The molecule has 2 aromatic rings. The van der Waals surface area contributed by atoms with E-state index < -0.39 is 0 Å². The first kappa shape index (κ1) is 15.3. The molecule has 20 heavy (non-hydrogen) atoms. The van der Waals surface area contributed by atoms with Crippen LogP contribution in [0.1, 0.15) is 37.6 Å². The zero-order valence-corrected chi connectivity index (χ0v) is 13.1. The number of hydrogen-bond donors (Lipinski definition) is 0. The maximum Gasteiger partial charge on any atom is 0.124 e. The second-order valence-electron chi connectivity index (χ2n) is 5.12. The number of fused-ring (bicyclic) bond motifs is 1. The zero-order chi connectivity index (χ0) is 14.4. The first-order valence-electron chi connectivity index (χ1n) is 7.35. The van der Waals surface area contributed by atoms with Crippen molar-refractivity contribution in [3.8, 4) is 0 Å². The van der Waals surface area contributed by atoms with Gasteiger partial charge in [0.15, 0.2) is 0 Å². The fourth-order valence-electron chi connectivity index (χ4n) is 2.31. The van der Waals surface area contributed by atoms with Crippen LogP contribution in [0.5, 0.6) is 0 Å². The van der Waals surface area contributed by atoms with Crippen LogP contribution in [0.4, 0.5) is 0 Å². The summed E-state index contributed by atoms with van der Waals surface area (Å²) in [6.07, 6.45) is 3.31. The van der Waals surface area contributed by atoms with E-state index in [4.69, 9.17) is 16.3 Å². The van der Waals surface area contributed by atoms with Crippen LogP contribution in [-0.4, -0.2) is 22.8 Å². The minimum atomic E-state index is 0.449. The number of aryl methyl sites for hydroxylation is 2. The molecule has 0 aliphatic carbocycles. The smallest absolute Gasteiger partial charge is 0.124 e. The van der Waals surface area contributed by atoms with Gasteiger partial charge in [0.1, 0.15) is 5.82 Å². The van der Waals surface area contributed by atoms with E-state index in [2.05, 4.69) is 41.6 Å². The first-order chi connectivity index (χ1) is 9.76. The Hall–Kier alpha value is -1.06. The Labute approximate surface area is 125 Å². The summed E-state index contributed by atoms with van der Waals surface area (Å²) in [6.45, 7) is 6.85. The molecule has 2 rings (SSSR count). The summed E-state index contributed by atoms with van der Waals surface area (Å²) in [4.78, 5) is 4.59. The molecule has 0 unspecified atom stereocenters. The number of halogens is 1. The van der Waals surface area contributed by atoms with E-state index in [-0.39, 0.29) is 0 Å². The monoisotopic (exact) mass is 294 g/mol. The number of aromatic nitrogens is 2. The SMILES string of the molecule is CCCCOCCCn1c(CCl)nc2ccc(C)cc21. The summed E-state index contributed by atoms with van der Waals surface area (Å²) in [7, 11) is 0. The highest BCUT2D eigenvalue weighted by molar-refractivity contribution is 6.16. The maximum absolute atomic E-state index is 6.01. The van der Waals surface area contributed by atoms with Crippen molar-refractivity contribution in [3.05, 3.63) is 29.6 Å². The van der Waals surface area contributed by atoms with E-state index in [1.807, 2.05) is 0 Å². The molecule has 0 amide bonds. The topological polar surface area (TPSA) is 27.1 Å². The number of unbranched alkanes of at least 4 members (excludes halogenated alkanes) is 1. The second-order valence-corrected chi connectivity index (χ2v) is 5.39. The summed E-state index contributed by atoms with van der Waals surface area (Å²) in [5.74, 6) is 1.39. The van der Waals surface area contributed by atoms with E-state index in [1.165, 1.54) is 17.5 Å². The quantitative estimate of drug-likeness (QED) is 0.536. The molecule has 1 aromatic heterocycles. The Kier molecular flexibility index (Phi) is 5.86.